The van der Waals surface area contributed by atoms with Crippen LogP contribution >= 0.6 is 35.6 Å². The number of nitrogens with one attached hydrogen (secondary N) is 2. The van der Waals surface area contributed by atoms with Crippen molar-refractivity contribution < 1.29 is 13.9 Å². The number of benzene rings is 2. The summed E-state index contributed by atoms with van der Waals surface area (Å²) in [6.07, 6.45) is 1.77. The average Bonchev–Trinajstić information content (AvgIpc) is 3.50. The Hall–Kier alpha value is -3.37. The highest BCUT2D eigenvalue weighted by Crippen LogP contribution is 2.43. The second-order valence-corrected chi connectivity index (χ2v) is 10.1. The van der Waals surface area contributed by atoms with Crippen molar-refractivity contribution in [3.05, 3.63) is 102 Å². The van der Waals surface area contributed by atoms with Crippen LogP contribution in [0, 0.1) is 0 Å². The third-order valence-electron chi connectivity index (χ3n) is 5.73. The Bertz CT molecular complexity index is 1380. The monoisotopic (exact) mass is 550 g/mol. The number of thiocarbonyl (C=S) groups is 1. The van der Waals surface area contributed by atoms with Crippen LogP contribution in [-0.4, -0.2) is 29.7 Å². The maximum absolute atomic E-state index is 11.9. The van der Waals surface area contributed by atoms with Crippen LogP contribution < -0.4 is 15.5 Å². The summed E-state index contributed by atoms with van der Waals surface area (Å²) < 4.78 is 11.2. The molecular weight excluding hydrogens is 528 g/mol. The number of ether oxygens (including phenoxy) is 1. The molecule has 37 heavy (non-hydrogen) atoms. The molecule has 0 aliphatic carbocycles. The third-order valence-corrected chi connectivity index (χ3v) is 7.22. The second kappa shape index (κ2) is 11.4. The number of carbonyl (C=O) groups excluding carboxylic acids is 1. The molecule has 0 spiro atoms. The van der Waals surface area contributed by atoms with Crippen LogP contribution in [0.2, 0.25) is 5.02 Å². The van der Waals surface area contributed by atoms with Crippen molar-refractivity contribution in [3.63, 3.8) is 0 Å². The largest absolute Gasteiger partial charge is 0.452 e. The van der Waals surface area contributed by atoms with Crippen LogP contribution in [0.3, 0.4) is 0 Å². The van der Waals surface area contributed by atoms with Crippen molar-refractivity contribution in [2.45, 2.75) is 22.1 Å². The molecule has 7 nitrogen and oxygen atoms in total. The Morgan fingerprint density at radius 2 is 1.92 bits per heavy atom. The van der Waals surface area contributed by atoms with E-state index < -0.39 is 0 Å². The molecule has 1 amide bonds. The van der Waals surface area contributed by atoms with Crippen LogP contribution in [-0.2, 0) is 9.53 Å². The fraction of sp³-hybridized carbons (Fsp3) is 0.148. The summed E-state index contributed by atoms with van der Waals surface area (Å²) in [6, 6.07) is 24.3. The van der Waals surface area contributed by atoms with Gasteiger partial charge in [-0.05, 0) is 85.0 Å². The molecule has 10 heteroatoms. The number of nitrogens with zero attached hydrogens (tertiary/aromatic N) is 2. The van der Waals surface area contributed by atoms with Gasteiger partial charge in [-0.25, -0.2) is 0 Å². The number of amides is 1. The Morgan fingerprint density at radius 1 is 1.14 bits per heavy atom. The van der Waals surface area contributed by atoms with E-state index in [0.29, 0.717) is 15.8 Å². The van der Waals surface area contributed by atoms with E-state index >= 15 is 0 Å². The second-order valence-electron chi connectivity index (χ2n) is 8.24. The lowest BCUT2D eigenvalue weighted by atomic mass is 10.0. The lowest BCUT2D eigenvalue weighted by Gasteiger charge is -2.26. The highest BCUT2D eigenvalue weighted by atomic mass is 35.5. The smallest absolute Gasteiger partial charge is 0.250 e. The molecule has 2 N–H and O–H groups in total. The van der Waals surface area contributed by atoms with E-state index in [1.54, 1.807) is 6.20 Å². The van der Waals surface area contributed by atoms with Gasteiger partial charge in [-0.1, -0.05) is 29.4 Å². The first-order valence-electron chi connectivity index (χ1n) is 11.4. The van der Waals surface area contributed by atoms with Crippen molar-refractivity contribution in [3.8, 4) is 0 Å². The van der Waals surface area contributed by atoms with Crippen LogP contribution in [0.4, 0.5) is 11.4 Å². The van der Waals surface area contributed by atoms with Gasteiger partial charge in [-0.2, -0.15) is 0 Å². The van der Waals surface area contributed by atoms with Gasteiger partial charge >= 0.3 is 0 Å². The van der Waals surface area contributed by atoms with Gasteiger partial charge in [0.2, 0.25) is 5.91 Å². The minimum atomic E-state index is -0.282. The molecule has 2 aromatic heterocycles. The standard InChI is InChI=1S/C27H23ClN4O3S2/c1-34-16-23(33)30-18-7-9-19(10-8-18)32-26(25(31-27(32)36)21-4-2-3-15-29-21)22-13-14-24(35-22)37-20-11-5-17(28)6-12-20/h2-15,25-26H,16H2,1H3,(H,30,33)(H,31,36)/t25-,26+/m0/s1. The highest BCUT2D eigenvalue weighted by molar-refractivity contribution is 7.99. The molecule has 2 atom stereocenters. The predicted octanol–water partition coefficient (Wildman–Crippen LogP) is 6.24. The zero-order chi connectivity index (χ0) is 25.8. The van der Waals surface area contributed by atoms with Crippen molar-refractivity contribution in [2.75, 3.05) is 23.9 Å². The molecule has 0 saturated carbocycles. The van der Waals surface area contributed by atoms with Gasteiger partial charge in [-0.15, -0.1) is 0 Å². The van der Waals surface area contributed by atoms with Gasteiger partial charge in [0.25, 0.3) is 0 Å². The first kappa shape index (κ1) is 25.3. The average molecular weight is 551 g/mol. The molecular formula is C27H23ClN4O3S2. The molecule has 0 radical (unpaired) electrons. The molecule has 5 rings (SSSR count). The van der Waals surface area contributed by atoms with Crippen LogP contribution in [0.25, 0.3) is 0 Å². The number of aromatic nitrogens is 1. The summed E-state index contributed by atoms with van der Waals surface area (Å²) in [5.41, 5.74) is 2.37. The van der Waals surface area contributed by atoms with Gasteiger partial charge in [0.1, 0.15) is 18.4 Å². The summed E-state index contributed by atoms with van der Waals surface area (Å²) in [6.45, 7) is -0.00935. The maximum Gasteiger partial charge on any atom is 0.250 e. The molecule has 1 saturated heterocycles. The number of methoxy groups -OCH3 is 1. The first-order valence-corrected chi connectivity index (χ1v) is 13.0. The number of anilines is 2. The van der Waals surface area contributed by atoms with Crippen LogP contribution in [0.5, 0.6) is 0 Å². The van der Waals surface area contributed by atoms with E-state index in [2.05, 4.69) is 15.6 Å². The van der Waals surface area contributed by atoms with E-state index in [4.69, 9.17) is 33.0 Å². The van der Waals surface area contributed by atoms with Gasteiger partial charge in [0.05, 0.1) is 11.7 Å². The summed E-state index contributed by atoms with van der Waals surface area (Å²) in [4.78, 5) is 19.5. The van der Waals surface area contributed by atoms with Crippen LogP contribution in [0.15, 0.2) is 99.5 Å². The van der Waals surface area contributed by atoms with Gasteiger partial charge in [-0.3, -0.25) is 9.78 Å². The summed E-state index contributed by atoms with van der Waals surface area (Å²) in [7, 11) is 1.48. The number of furan rings is 1. The van der Waals surface area contributed by atoms with Crippen molar-refractivity contribution in [2.24, 2.45) is 0 Å². The minimum Gasteiger partial charge on any atom is -0.452 e. The maximum atomic E-state index is 11.9. The first-order chi connectivity index (χ1) is 18.0. The lowest BCUT2D eigenvalue weighted by molar-refractivity contribution is -0.119. The predicted molar refractivity (Wildman–Crippen MR) is 149 cm³/mol. The zero-order valence-corrected chi connectivity index (χ0v) is 22.1. The Kier molecular flexibility index (Phi) is 7.76. The zero-order valence-electron chi connectivity index (χ0n) is 19.8. The Labute approximate surface area is 229 Å². The molecule has 3 heterocycles. The number of hydrogen-bond acceptors (Lipinski definition) is 6. The van der Waals surface area contributed by atoms with Crippen molar-refractivity contribution >= 4 is 58.0 Å². The normalized spacial score (nSPS) is 17.0. The summed E-state index contributed by atoms with van der Waals surface area (Å²) >= 11 is 13.3. The quantitative estimate of drug-likeness (QED) is 0.250. The molecule has 0 unspecified atom stereocenters. The van der Waals surface area contributed by atoms with Gasteiger partial charge in [0, 0.05) is 34.6 Å². The van der Waals surface area contributed by atoms with E-state index in [1.165, 1.54) is 18.9 Å². The number of pyridine rings is 1. The van der Waals surface area contributed by atoms with E-state index in [0.717, 1.165) is 27.1 Å². The van der Waals surface area contributed by atoms with E-state index in [-0.39, 0.29) is 24.6 Å². The minimum absolute atomic E-state index is 0.00935. The molecule has 1 aliphatic rings. The molecule has 188 valence electrons. The molecule has 1 aliphatic heterocycles. The SMILES string of the molecule is COCC(=O)Nc1ccc(N2C(=S)N[C@@H](c3ccccn3)[C@H]2c2ccc(Sc3ccc(Cl)cc3)o2)cc1. The Morgan fingerprint density at radius 3 is 2.62 bits per heavy atom. The molecule has 0 bridgehead atoms. The van der Waals surface area contributed by atoms with Crippen molar-refractivity contribution in [1.82, 2.24) is 10.3 Å². The van der Waals surface area contributed by atoms with Crippen molar-refractivity contribution in [1.29, 1.82) is 0 Å². The summed E-state index contributed by atoms with van der Waals surface area (Å²) in [5.74, 6) is 0.528. The molecule has 4 aromatic rings. The highest BCUT2D eigenvalue weighted by Gasteiger charge is 2.42. The van der Waals surface area contributed by atoms with Gasteiger partial charge in [0.15, 0.2) is 10.2 Å². The molecule has 2 aromatic carbocycles. The van der Waals surface area contributed by atoms with Gasteiger partial charge < -0.3 is 24.7 Å². The molecule has 1 fully saturated rings. The fourth-order valence-corrected chi connectivity index (χ4v) is 5.37. The Balaban J connectivity index is 1.46. The third kappa shape index (κ3) is 5.80. The number of hydrogen-bond donors (Lipinski definition) is 2. The summed E-state index contributed by atoms with van der Waals surface area (Å²) in [5, 5.41) is 8.23. The fourth-order valence-electron chi connectivity index (χ4n) is 4.12. The lowest BCUT2D eigenvalue weighted by Crippen LogP contribution is -2.29. The van der Waals surface area contributed by atoms with E-state index in [9.17, 15) is 4.79 Å². The number of rotatable bonds is 8. The van der Waals surface area contributed by atoms with Crippen LogP contribution in [0.1, 0.15) is 23.5 Å². The topological polar surface area (TPSA) is 79.6 Å². The number of halogens is 1. The number of carbonyl (C=O) groups is 1. The van der Waals surface area contributed by atoms with E-state index in [1.807, 2.05) is 83.8 Å².